The molecule has 0 spiro atoms. The normalized spacial score (nSPS) is 15.6. The van der Waals surface area contributed by atoms with Gasteiger partial charge in [0, 0.05) is 31.9 Å². The number of sulfone groups is 1. The van der Waals surface area contributed by atoms with Crippen molar-refractivity contribution in [3.05, 3.63) is 65.7 Å². The van der Waals surface area contributed by atoms with Crippen molar-refractivity contribution in [1.29, 1.82) is 0 Å². The molecule has 8 nitrogen and oxygen atoms in total. The molecule has 1 aromatic heterocycles. The molecule has 0 aliphatic carbocycles. The molecule has 1 saturated heterocycles. The van der Waals surface area contributed by atoms with Gasteiger partial charge in [0.05, 0.1) is 10.9 Å². The first kappa shape index (κ1) is 27.0. The van der Waals surface area contributed by atoms with Crippen LogP contribution < -0.4 is 4.90 Å². The molecule has 4 rings (SSSR count). The van der Waals surface area contributed by atoms with Crippen molar-refractivity contribution in [2.75, 3.05) is 31.1 Å². The van der Waals surface area contributed by atoms with E-state index in [-0.39, 0.29) is 35.0 Å². The van der Waals surface area contributed by atoms with Crippen molar-refractivity contribution in [2.24, 2.45) is 0 Å². The van der Waals surface area contributed by atoms with Gasteiger partial charge >= 0.3 is 0 Å². The third kappa shape index (κ3) is 6.56. The van der Waals surface area contributed by atoms with Crippen LogP contribution in [-0.2, 0) is 15.7 Å². The molecule has 0 saturated carbocycles. The number of nitrogens with zero attached hydrogens (tertiary/aromatic N) is 6. The Bertz CT molecular complexity index is 1180. The monoisotopic (exact) mass is 522 g/mol. The number of unbranched alkanes of at least 4 members (excludes halogenated alkanes) is 1. The summed E-state index contributed by atoms with van der Waals surface area (Å²) in [5.41, 5.74) is 2.00. The molecule has 1 fully saturated rings. The third-order valence-corrected chi connectivity index (χ3v) is 7.88. The maximum Gasteiger partial charge on any atom is 0.198 e. The van der Waals surface area contributed by atoms with Gasteiger partial charge in [0.15, 0.2) is 21.5 Å². The Balaban J connectivity index is 0.00000342. The zero-order valence-corrected chi connectivity index (χ0v) is 21.7. The molecule has 0 radical (unpaired) electrons. The molecule has 0 bridgehead atoms. The molecular weight excluding hydrogens is 491 g/mol. The van der Waals surface area contributed by atoms with E-state index in [0.29, 0.717) is 5.82 Å². The minimum absolute atomic E-state index is 0. The van der Waals surface area contributed by atoms with Crippen LogP contribution in [0.4, 0.5) is 10.1 Å². The minimum Gasteiger partial charge on any atom is -0.369 e. The number of tetrazole rings is 1. The highest BCUT2D eigenvalue weighted by Crippen LogP contribution is 2.28. The molecule has 11 heteroatoms. The molecule has 190 valence electrons. The molecule has 1 atom stereocenters. The quantitative estimate of drug-likeness (QED) is 0.419. The van der Waals surface area contributed by atoms with E-state index in [1.54, 1.807) is 36.4 Å². The summed E-state index contributed by atoms with van der Waals surface area (Å²) in [6.07, 6.45) is 2.85. The lowest BCUT2D eigenvalue weighted by atomic mass is 10.1. The van der Waals surface area contributed by atoms with Gasteiger partial charge in [-0.2, -0.15) is 0 Å². The summed E-state index contributed by atoms with van der Waals surface area (Å²) < 4.78 is 40.8. The van der Waals surface area contributed by atoms with Gasteiger partial charge in [-0.15, -0.1) is 17.5 Å². The van der Waals surface area contributed by atoms with Crippen molar-refractivity contribution in [3.8, 4) is 0 Å². The number of rotatable bonds is 9. The second-order valence-electron chi connectivity index (χ2n) is 8.75. The highest BCUT2D eigenvalue weighted by Gasteiger charge is 2.30. The Labute approximate surface area is 212 Å². The van der Waals surface area contributed by atoms with Crippen LogP contribution >= 0.6 is 12.4 Å². The van der Waals surface area contributed by atoms with Crippen molar-refractivity contribution in [2.45, 2.75) is 49.9 Å². The summed E-state index contributed by atoms with van der Waals surface area (Å²) in [6.45, 7) is 7.19. The SMILES string of the molecule is CCCCC(c1nnnn1CS(=O)(=O)c1ccc(C)cc1)N1CCN(c2ccc(F)cc2)CC1.Cl. The Hall–Kier alpha value is -2.56. The van der Waals surface area contributed by atoms with Crippen molar-refractivity contribution in [1.82, 2.24) is 25.1 Å². The van der Waals surface area contributed by atoms with Crippen LogP contribution in [0.5, 0.6) is 0 Å². The van der Waals surface area contributed by atoms with Gasteiger partial charge in [0.1, 0.15) is 5.82 Å². The second-order valence-corrected chi connectivity index (χ2v) is 10.7. The summed E-state index contributed by atoms with van der Waals surface area (Å²) in [5, 5.41) is 12.1. The summed E-state index contributed by atoms with van der Waals surface area (Å²) in [7, 11) is -3.59. The third-order valence-electron chi connectivity index (χ3n) is 6.31. The Morgan fingerprint density at radius 2 is 1.66 bits per heavy atom. The van der Waals surface area contributed by atoms with Crippen LogP contribution in [0.25, 0.3) is 0 Å². The highest BCUT2D eigenvalue weighted by molar-refractivity contribution is 7.90. The molecule has 2 aromatic carbocycles. The number of aromatic nitrogens is 4. The van der Waals surface area contributed by atoms with E-state index in [4.69, 9.17) is 0 Å². The molecule has 35 heavy (non-hydrogen) atoms. The van der Waals surface area contributed by atoms with Crippen molar-refractivity contribution < 1.29 is 12.8 Å². The molecule has 0 N–H and O–H groups in total. The molecule has 1 unspecified atom stereocenters. The highest BCUT2D eigenvalue weighted by atomic mass is 35.5. The number of hydrogen-bond acceptors (Lipinski definition) is 7. The summed E-state index contributed by atoms with van der Waals surface area (Å²) in [4.78, 5) is 4.83. The van der Waals surface area contributed by atoms with Crippen molar-refractivity contribution in [3.63, 3.8) is 0 Å². The van der Waals surface area contributed by atoms with Crippen LogP contribution in [0.1, 0.15) is 43.6 Å². The molecule has 2 heterocycles. The number of halogens is 2. The summed E-state index contributed by atoms with van der Waals surface area (Å²) in [5.74, 6) is 0.0464. The molecule has 1 aliphatic heterocycles. The van der Waals surface area contributed by atoms with E-state index < -0.39 is 9.84 Å². The fraction of sp³-hybridized carbons (Fsp3) is 0.458. The smallest absolute Gasteiger partial charge is 0.198 e. The average Bonchev–Trinajstić information content (AvgIpc) is 3.27. The summed E-state index contributed by atoms with van der Waals surface area (Å²) in [6, 6.07) is 13.3. The van der Waals surface area contributed by atoms with E-state index >= 15 is 0 Å². The average molecular weight is 523 g/mol. The van der Waals surface area contributed by atoms with Crippen LogP contribution in [0, 0.1) is 12.7 Å². The van der Waals surface area contributed by atoms with Crippen LogP contribution in [0.15, 0.2) is 53.4 Å². The minimum atomic E-state index is -3.59. The van der Waals surface area contributed by atoms with Gasteiger partial charge < -0.3 is 4.90 Å². The first-order chi connectivity index (χ1) is 16.4. The van der Waals surface area contributed by atoms with Gasteiger partial charge in [-0.05, 0) is 60.2 Å². The van der Waals surface area contributed by atoms with Crippen LogP contribution in [-0.4, -0.2) is 59.7 Å². The molecular formula is C24H32ClFN6O2S. The zero-order chi connectivity index (χ0) is 24.1. The number of aryl methyl sites for hydroxylation is 1. The Morgan fingerprint density at radius 1 is 1.00 bits per heavy atom. The first-order valence-electron chi connectivity index (χ1n) is 11.7. The molecule has 3 aromatic rings. The topological polar surface area (TPSA) is 84.2 Å². The van der Waals surface area contributed by atoms with E-state index in [9.17, 15) is 12.8 Å². The fourth-order valence-electron chi connectivity index (χ4n) is 4.34. The van der Waals surface area contributed by atoms with E-state index in [0.717, 1.165) is 56.7 Å². The first-order valence-corrected chi connectivity index (χ1v) is 13.3. The van der Waals surface area contributed by atoms with E-state index in [1.807, 2.05) is 6.92 Å². The predicted octanol–water partition coefficient (Wildman–Crippen LogP) is 4.03. The zero-order valence-electron chi connectivity index (χ0n) is 20.0. The van der Waals surface area contributed by atoms with Crippen LogP contribution in [0.2, 0.25) is 0 Å². The van der Waals surface area contributed by atoms with E-state index in [1.165, 1.54) is 16.8 Å². The van der Waals surface area contributed by atoms with Gasteiger partial charge in [0.25, 0.3) is 0 Å². The maximum absolute atomic E-state index is 13.3. The number of piperazine rings is 1. The largest absolute Gasteiger partial charge is 0.369 e. The Morgan fingerprint density at radius 3 is 2.29 bits per heavy atom. The summed E-state index contributed by atoms with van der Waals surface area (Å²) >= 11 is 0. The number of anilines is 1. The Kier molecular flexibility index (Phi) is 9.21. The predicted molar refractivity (Wildman–Crippen MR) is 136 cm³/mol. The van der Waals surface area contributed by atoms with Gasteiger partial charge in [-0.25, -0.2) is 17.5 Å². The molecule has 0 amide bonds. The maximum atomic E-state index is 13.3. The lowest BCUT2D eigenvalue weighted by Gasteiger charge is -2.39. The van der Waals surface area contributed by atoms with E-state index in [2.05, 4.69) is 32.2 Å². The van der Waals surface area contributed by atoms with Gasteiger partial charge in [-0.3, -0.25) is 4.90 Å². The molecule has 1 aliphatic rings. The van der Waals surface area contributed by atoms with Crippen molar-refractivity contribution >= 4 is 27.9 Å². The van der Waals surface area contributed by atoms with Crippen LogP contribution in [0.3, 0.4) is 0 Å². The van der Waals surface area contributed by atoms with Gasteiger partial charge in [0.2, 0.25) is 0 Å². The van der Waals surface area contributed by atoms with Gasteiger partial charge in [-0.1, -0.05) is 37.5 Å². The fourth-order valence-corrected chi connectivity index (χ4v) is 5.55. The lowest BCUT2D eigenvalue weighted by molar-refractivity contribution is 0.163. The lowest BCUT2D eigenvalue weighted by Crippen LogP contribution is -2.48. The number of benzene rings is 2. The second kappa shape index (κ2) is 11.9. The standard InChI is InChI=1S/C24H31FN6O2S.ClH/c1-3-4-5-23(30-16-14-29(15-17-30)21-10-8-20(25)9-11-21)24-26-27-28-31(24)18-34(32,33)22-12-6-19(2)7-13-22;/h6-13,23H,3-5,14-18H2,1-2H3;1H. The number of hydrogen-bond donors (Lipinski definition) is 0.